The lowest BCUT2D eigenvalue weighted by Gasteiger charge is -2.02. The molecule has 0 unspecified atom stereocenters. The summed E-state index contributed by atoms with van der Waals surface area (Å²) in [6, 6.07) is 7.23. The highest BCUT2D eigenvalue weighted by Crippen LogP contribution is 2.21. The first-order chi connectivity index (χ1) is 7.16. The normalized spacial score (nSPS) is 10.3. The van der Waals surface area contributed by atoms with E-state index in [0.717, 1.165) is 15.6 Å². The second-order valence-electron chi connectivity index (χ2n) is 3.25. The molecular weight excluding hydrogens is 256 g/mol. The van der Waals surface area contributed by atoms with Gasteiger partial charge in [-0.1, -0.05) is 22.0 Å². The summed E-state index contributed by atoms with van der Waals surface area (Å²) in [6.07, 6.45) is 1.51. The molecule has 1 aromatic heterocycles. The summed E-state index contributed by atoms with van der Waals surface area (Å²) in [6.45, 7) is 1.99. The van der Waals surface area contributed by atoms with Gasteiger partial charge in [-0.3, -0.25) is 4.79 Å². The molecule has 0 fully saturated rings. The molecule has 3 nitrogen and oxygen atoms in total. The van der Waals surface area contributed by atoms with Crippen LogP contribution in [-0.4, -0.2) is 9.97 Å². The summed E-state index contributed by atoms with van der Waals surface area (Å²) < 4.78 is 1.05. The third-order valence-corrected chi connectivity index (χ3v) is 2.99. The number of benzene rings is 1. The lowest BCUT2D eigenvalue weighted by molar-refractivity contribution is 1.13. The van der Waals surface area contributed by atoms with E-state index in [0.29, 0.717) is 5.82 Å². The molecule has 1 heterocycles. The predicted octanol–water partition coefficient (Wildman–Crippen LogP) is 2.51. The molecule has 15 heavy (non-hydrogen) atoms. The van der Waals surface area contributed by atoms with Gasteiger partial charge in [0, 0.05) is 22.3 Å². The van der Waals surface area contributed by atoms with Crippen molar-refractivity contribution in [3.8, 4) is 11.4 Å². The van der Waals surface area contributed by atoms with Crippen LogP contribution in [0.15, 0.2) is 39.7 Å². The van der Waals surface area contributed by atoms with Gasteiger partial charge in [0.05, 0.1) is 0 Å². The topological polar surface area (TPSA) is 45.8 Å². The first kappa shape index (κ1) is 10.1. The molecule has 76 valence electrons. The van der Waals surface area contributed by atoms with Gasteiger partial charge in [0.1, 0.15) is 5.82 Å². The summed E-state index contributed by atoms with van der Waals surface area (Å²) in [7, 11) is 0. The third kappa shape index (κ3) is 2.15. The molecule has 0 spiro atoms. The number of rotatable bonds is 1. The van der Waals surface area contributed by atoms with E-state index in [4.69, 9.17) is 0 Å². The molecule has 0 bridgehead atoms. The summed E-state index contributed by atoms with van der Waals surface area (Å²) in [4.78, 5) is 17.9. The van der Waals surface area contributed by atoms with Crippen molar-refractivity contribution in [3.05, 3.63) is 50.9 Å². The second-order valence-corrected chi connectivity index (χ2v) is 4.10. The minimum Gasteiger partial charge on any atom is -0.307 e. The van der Waals surface area contributed by atoms with Crippen LogP contribution >= 0.6 is 15.9 Å². The van der Waals surface area contributed by atoms with Crippen LogP contribution in [0.5, 0.6) is 0 Å². The lowest BCUT2D eigenvalue weighted by atomic mass is 10.1. The first-order valence-corrected chi connectivity index (χ1v) is 5.28. The fraction of sp³-hybridized carbons (Fsp3) is 0.0909. The minimum atomic E-state index is -0.138. The number of nitrogens with one attached hydrogen (secondary N) is 1. The molecule has 0 aliphatic rings. The summed E-state index contributed by atoms with van der Waals surface area (Å²) in [5.41, 5.74) is 1.88. The molecule has 1 aromatic carbocycles. The average molecular weight is 265 g/mol. The van der Waals surface area contributed by atoms with Crippen molar-refractivity contribution in [2.24, 2.45) is 0 Å². The third-order valence-electron chi connectivity index (χ3n) is 2.10. The monoisotopic (exact) mass is 264 g/mol. The fourth-order valence-electron chi connectivity index (χ4n) is 1.31. The zero-order valence-electron chi connectivity index (χ0n) is 8.12. The van der Waals surface area contributed by atoms with Crippen LogP contribution in [0.4, 0.5) is 0 Å². The molecule has 0 amide bonds. The van der Waals surface area contributed by atoms with Crippen LogP contribution in [-0.2, 0) is 0 Å². The Balaban J connectivity index is 2.55. The molecular formula is C11H9BrN2O. The molecule has 0 radical (unpaired) electrons. The number of aromatic amines is 1. The van der Waals surface area contributed by atoms with Gasteiger partial charge in [-0.2, -0.15) is 0 Å². The van der Waals surface area contributed by atoms with Gasteiger partial charge in [-0.25, -0.2) is 4.98 Å². The van der Waals surface area contributed by atoms with Crippen molar-refractivity contribution in [2.75, 3.05) is 0 Å². The van der Waals surface area contributed by atoms with Crippen molar-refractivity contribution >= 4 is 15.9 Å². The van der Waals surface area contributed by atoms with Gasteiger partial charge in [0.15, 0.2) is 0 Å². The van der Waals surface area contributed by atoms with Gasteiger partial charge in [0.25, 0.3) is 5.56 Å². The number of halogens is 1. The van der Waals surface area contributed by atoms with Crippen LogP contribution in [0.1, 0.15) is 5.56 Å². The van der Waals surface area contributed by atoms with Gasteiger partial charge in [-0.05, 0) is 24.6 Å². The maximum atomic E-state index is 11.1. The van der Waals surface area contributed by atoms with Crippen LogP contribution in [0.3, 0.4) is 0 Å². The maximum absolute atomic E-state index is 11.1. The molecule has 0 atom stereocenters. The van der Waals surface area contributed by atoms with Crippen LogP contribution in [0.25, 0.3) is 11.4 Å². The van der Waals surface area contributed by atoms with E-state index in [-0.39, 0.29) is 5.56 Å². The highest BCUT2D eigenvalue weighted by atomic mass is 79.9. The molecule has 0 saturated carbocycles. The molecule has 0 saturated heterocycles. The Bertz CT molecular complexity index is 548. The van der Waals surface area contributed by atoms with E-state index in [1.807, 2.05) is 25.1 Å². The zero-order valence-corrected chi connectivity index (χ0v) is 9.71. The number of nitrogens with zero attached hydrogens (tertiary/aromatic N) is 1. The fourth-order valence-corrected chi connectivity index (χ4v) is 1.56. The number of aryl methyl sites for hydroxylation is 1. The van der Waals surface area contributed by atoms with Gasteiger partial charge < -0.3 is 4.98 Å². The average Bonchev–Trinajstić information content (AvgIpc) is 2.22. The summed E-state index contributed by atoms with van der Waals surface area (Å²) in [5, 5.41) is 0. The molecule has 4 heteroatoms. The Labute approximate surface area is 95.3 Å². The van der Waals surface area contributed by atoms with E-state index in [1.54, 1.807) is 0 Å². The summed E-state index contributed by atoms with van der Waals surface area (Å²) in [5.74, 6) is 0.595. The first-order valence-electron chi connectivity index (χ1n) is 4.48. The zero-order chi connectivity index (χ0) is 10.8. The summed E-state index contributed by atoms with van der Waals surface area (Å²) >= 11 is 3.42. The van der Waals surface area contributed by atoms with Crippen molar-refractivity contribution in [1.29, 1.82) is 0 Å². The van der Waals surface area contributed by atoms with Crippen LogP contribution < -0.4 is 5.56 Å². The smallest absolute Gasteiger partial charge is 0.251 e. The molecule has 1 N–H and O–H groups in total. The van der Waals surface area contributed by atoms with Crippen molar-refractivity contribution in [1.82, 2.24) is 9.97 Å². The SMILES string of the molecule is Cc1cc(-c2nccc(=O)[nH]2)ccc1Br. The Morgan fingerprint density at radius 2 is 2.13 bits per heavy atom. The van der Waals surface area contributed by atoms with Crippen molar-refractivity contribution in [3.63, 3.8) is 0 Å². The molecule has 2 rings (SSSR count). The number of aromatic nitrogens is 2. The quantitative estimate of drug-likeness (QED) is 0.861. The van der Waals surface area contributed by atoms with Crippen LogP contribution in [0, 0.1) is 6.92 Å². The van der Waals surface area contributed by atoms with E-state index in [2.05, 4.69) is 25.9 Å². The van der Waals surface area contributed by atoms with Gasteiger partial charge in [-0.15, -0.1) is 0 Å². The van der Waals surface area contributed by atoms with E-state index < -0.39 is 0 Å². The number of hydrogen-bond acceptors (Lipinski definition) is 2. The molecule has 0 aliphatic carbocycles. The molecule has 0 aliphatic heterocycles. The minimum absolute atomic E-state index is 0.138. The van der Waals surface area contributed by atoms with Crippen LogP contribution in [0.2, 0.25) is 0 Å². The van der Waals surface area contributed by atoms with E-state index in [1.165, 1.54) is 12.3 Å². The van der Waals surface area contributed by atoms with E-state index in [9.17, 15) is 4.79 Å². The number of hydrogen-bond donors (Lipinski definition) is 1. The Hall–Kier alpha value is -1.42. The number of H-pyrrole nitrogens is 1. The van der Waals surface area contributed by atoms with Gasteiger partial charge in [0.2, 0.25) is 0 Å². The Morgan fingerprint density at radius 3 is 2.80 bits per heavy atom. The highest BCUT2D eigenvalue weighted by Gasteiger charge is 2.01. The Morgan fingerprint density at radius 1 is 1.33 bits per heavy atom. The molecule has 2 aromatic rings. The van der Waals surface area contributed by atoms with Gasteiger partial charge >= 0.3 is 0 Å². The van der Waals surface area contributed by atoms with Crippen molar-refractivity contribution < 1.29 is 0 Å². The predicted molar refractivity (Wildman–Crippen MR) is 62.7 cm³/mol. The largest absolute Gasteiger partial charge is 0.307 e. The maximum Gasteiger partial charge on any atom is 0.251 e. The Kier molecular flexibility index (Phi) is 2.68. The van der Waals surface area contributed by atoms with Crippen molar-refractivity contribution in [2.45, 2.75) is 6.92 Å². The second kappa shape index (κ2) is 3.98. The highest BCUT2D eigenvalue weighted by molar-refractivity contribution is 9.10. The lowest BCUT2D eigenvalue weighted by Crippen LogP contribution is -2.05. The standard InChI is InChI=1S/C11H9BrN2O/c1-7-6-8(2-3-9(7)12)11-13-5-4-10(15)14-11/h2-6H,1H3,(H,13,14,15). The van der Waals surface area contributed by atoms with E-state index >= 15 is 0 Å².